The summed E-state index contributed by atoms with van der Waals surface area (Å²) in [5, 5.41) is 4.77. The molecule has 1 fully saturated rings. The molecule has 1 aromatic rings. The first kappa shape index (κ1) is 19.9. The number of rotatable bonds is 6. The van der Waals surface area contributed by atoms with E-state index in [9.17, 15) is 13.2 Å². The van der Waals surface area contributed by atoms with E-state index in [4.69, 9.17) is 4.74 Å². The molecule has 7 nitrogen and oxygen atoms in total. The predicted molar refractivity (Wildman–Crippen MR) is 82.0 cm³/mol. The van der Waals surface area contributed by atoms with Crippen molar-refractivity contribution in [1.82, 2.24) is 4.72 Å². The maximum absolute atomic E-state index is 12.2. The summed E-state index contributed by atoms with van der Waals surface area (Å²) in [5.74, 6) is -0.196. The summed E-state index contributed by atoms with van der Waals surface area (Å²) in [6.07, 6.45) is 0.748. The summed E-state index contributed by atoms with van der Waals surface area (Å²) in [7, 11) is -3.53. The van der Waals surface area contributed by atoms with Crippen LogP contribution >= 0.6 is 0 Å². The molecular weight excluding hydrogens is 342 g/mol. The van der Waals surface area contributed by atoms with Crippen molar-refractivity contribution in [3.05, 3.63) is 24.3 Å². The van der Waals surface area contributed by atoms with Crippen LogP contribution in [0.15, 0.2) is 29.2 Å². The summed E-state index contributed by atoms with van der Waals surface area (Å²) >= 11 is 0. The Balaban J connectivity index is 0.00000264. The average Bonchev–Trinajstić information content (AvgIpc) is 2.48. The minimum atomic E-state index is -3.53. The Kier molecular flexibility index (Phi) is 7.93. The van der Waals surface area contributed by atoms with Crippen LogP contribution in [0.4, 0.5) is 5.69 Å². The van der Waals surface area contributed by atoms with Gasteiger partial charge < -0.3 is 27.8 Å². The molecule has 23 heavy (non-hydrogen) atoms. The summed E-state index contributed by atoms with van der Waals surface area (Å²) in [5.41, 5.74) is 0.567. The van der Waals surface area contributed by atoms with Gasteiger partial charge in [-0.15, -0.1) is 0 Å². The lowest BCUT2D eigenvalue weighted by Gasteiger charge is -2.20. The molecule has 1 amide bonds. The standard InChI is InChI=1S/C14H21N3O4S.ClH/c1-11(18)17-12-2-4-14(5-3-12)22(19,20)16-7-6-13-10-15-8-9-21-13;/h2-5,13,15-16H,6-10H2,1H3,(H,17,18);1H. The van der Waals surface area contributed by atoms with E-state index >= 15 is 0 Å². The Morgan fingerprint density at radius 2 is 2.04 bits per heavy atom. The first-order chi connectivity index (χ1) is 10.5. The molecule has 0 saturated carbocycles. The molecule has 1 atom stereocenters. The Morgan fingerprint density at radius 3 is 2.61 bits per heavy atom. The van der Waals surface area contributed by atoms with Crippen LogP contribution < -0.4 is 27.8 Å². The van der Waals surface area contributed by atoms with Crippen molar-refractivity contribution in [2.24, 2.45) is 0 Å². The highest BCUT2D eigenvalue weighted by Gasteiger charge is 2.18. The number of sulfonamides is 1. The highest BCUT2D eigenvalue weighted by molar-refractivity contribution is 7.89. The number of hydrogen-bond donors (Lipinski definition) is 3. The van der Waals surface area contributed by atoms with Gasteiger partial charge in [-0.25, -0.2) is 13.1 Å². The van der Waals surface area contributed by atoms with Crippen molar-refractivity contribution in [2.75, 3.05) is 31.6 Å². The van der Waals surface area contributed by atoms with Crippen molar-refractivity contribution >= 4 is 21.6 Å². The quantitative estimate of drug-likeness (QED) is 0.484. The van der Waals surface area contributed by atoms with Gasteiger partial charge in [0.15, 0.2) is 0 Å². The Morgan fingerprint density at radius 1 is 1.35 bits per heavy atom. The number of morpholine rings is 1. The Bertz CT molecular complexity index is 601. The maximum atomic E-state index is 12.2. The second-order valence-electron chi connectivity index (χ2n) is 5.20. The normalized spacial score (nSPS) is 18.0. The fraction of sp³-hybridized carbons (Fsp3) is 0.500. The van der Waals surface area contributed by atoms with Crippen LogP contribution in [0.3, 0.4) is 0 Å². The molecule has 1 heterocycles. The molecule has 130 valence electrons. The summed E-state index contributed by atoms with van der Waals surface area (Å²) in [4.78, 5) is 11.1. The zero-order chi connectivity index (χ0) is 16.0. The number of nitrogens with one attached hydrogen (secondary N) is 2. The minimum Gasteiger partial charge on any atom is -1.00 e. The summed E-state index contributed by atoms with van der Waals surface area (Å²) < 4.78 is 32.4. The first-order valence-corrected chi connectivity index (χ1v) is 8.76. The van der Waals surface area contributed by atoms with Crippen LogP contribution in [0, 0.1) is 0 Å². The monoisotopic (exact) mass is 363 g/mol. The maximum Gasteiger partial charge on any atom is 0.240 e. The average molecular weight is 364 g/mol. The number of amides is 1. The van der Waals surface area contributed by atoms with Gasteiger partial charge in [-0.05, 0) is 30.7 Å². The van der Waals surface area contributed by atoms with Crippen LogP contribution in [0.1, 0.15) is 13.3 Å². The molecule has 1 aliphatic rings. The van der Waals surface area contributed by atoms with Crippen molar-refractivity contribution in [1.29, 1.82) is 0 Å². The second-order valence-corrected chi connectivity index (χ2v) is 6.96. The van der Waals surface area contributed by atoms with E-state index < -0.39 is 10.0 Å². The van der Waals surface area contributed by atoms with Gasteiger partial charge in [0.25, 0.3) is 0 Å². The molecule has 9 heteroatoms. The largest absolute Gasteiger partial charge is 1.00 e. The van der Waals surface area contributed by atoms with Crippen molar-refractivity contribution in [2.45, 2.75) is 24.3 Å². The number of anilines is 1. The zero-order valence-corrected chi connectivity index (χ0v) is 14.5. The number of carbonyl (C=O) groups is 1. The highest BCUT2D eigenvalue weighted by atomic mass is 35.5. The van der Waals surface area contributed by atoms with E-state index in [0.29, 0.717) is 25.3 Å². The number of quaternary nitrogens is 1. The van der Waals surface area contributed by atoms with Gasteiger partial charge in [0, 0.05) is 19.2 Å². The SMILES string of the molecule is CC(=O)Nc1ccc(S(=O)(=O)NCCC2C[NH2+]CCO2)cc1.[Cl-]. The molecule has 1 aliphatic heterocycles. The third-order valence-corrected chi connectivity index (χ3v) is 4.83. The fourth-order valence-corrected chi connectivity index (χ4v) is 3.30. The molecule has 2 rings (SSSR count). The minimum absolute atomic E-state index is 0. The smallest absolute Gasteiger partial charge is 0.240 e. The Labute approximate surface area is 142 Å². The lowest BCUT2D eigenvalue weighted by atomic mass is 10.2. The van der Waals surface area contributed by atoms with Gasteiger partial charge in [-0.2, -0.15) is 0 Å². The fourth-order valence-electron chi connectivity index (χ4n) is 2.25. The molecule has 1 unspecified atom stereocenters. The topological polar surface area (TPSA) is 101 Å². The molecule has 0 aromatic heterocycles. The first-order valence-electron chi connectivity index (χ1n) is 7.28. The lowest BCUT2D eigenvalue weighted by molar-refractivity contribution is -0.677. The van der Waals surface area contributed by atoms with Gasteiger partial charge in [0.05, 0.1) is 18.0 Å². The number of ether oxygens (including phenoxy) is 1. The number of benzene rings is 1. The third kappa shape index (κ3) is 6.44. The van der Waals surface area contributed by atoms with Crippen molar-refractivity contribution in [3.8, 4) is 0 Å². The molecule has 1 aromatic carbocycles. The van der Waals surface area contributed by atoms with E-state index in [-0.39, 0.29) is 29.3 Å². The van der Waals surface area contributed by atoms with Gasteiger partial charge in [-0.3, -0.25) is 4.79 Å². The van der Waals surface area contributed by atoms with Crippen LogP contribution in [-0.4, -0.2) is 46.7 Å². The number of carbonyl (C=O) groups excluding carboxylic acids is 1. The third-order valence-electron chi connectivity index (χ3n) is 3.35. The highest BCUT2D eigenvalue weighted by Crippen LogP contribution is 2.14. The van der Waals surface area contributed by atoms with E-state index in [1.807, 2.05) is 0 Å². The number of nitrogens with two attached hydrogens (primary N) is 1. The van der Waals surface area contributed by atoms with Crippen LogP contribution in [-0.2, 0) is 19.6 Å². The Hall–Kier alpha value is -1.19. The molecule has 1 saturated heterocycles. The number of hydrogen-bond acceptors (Lipinski definition) is 4. The van der Waals surface area contributed by atoms with Gasteiger partial charge >= 0.3 is 0 Å². The summed E-state index contributed by atoms with van der Waals surface area (Å²) in [6, 6.07) is 6.07. The molecular formula is C14H22ClN3O4S. The molecule has 0 radical (unpaired) electrons. The van der Waals surface area contributed by atoms with Gasteiger partial charge in [-0.1, -0.05) is 0 Å². The zero-order valence-electron chi connectivity index (χ0n) is 12.9. The van der Waals surface area contributed by atoms with E-state index in [1.165, 1.54) is 19.1 Å². The van der Waals surface area contributed by atoms with E-state index in [1.54, 1.807) is 12.1 Å². The number of halogens is 1. The lowest BCUT2D eigenvalue weighted by Crippen LogP contribution is -3.00. The van der Waals surface area contributed by atoms with Gasteiger partial charge in [0.2, 0.25) is 15.9 Å². The van der Waals surface area contributed by atoms with Crippen molar-refractivity contribution < 1.29 is 35.7 Å². The van der Waals surface area contributed by atoms with Gasteiger partial charge in [0.1, 0.15) is 12.6 Å². The summed E-state index contributed by atoms with van der Waals surface area (Å²) in [6.45, 7) is 4.28. The molecule has 0 bridgehead atoms. The van der Waals surface area contributed by atoms with Crippen LogP contribution in [0.5, 0.6) is 0 Å². The van der Waals surface area contributed by atoms with Crippen LogP contribution in [0.25, 0.3) is 0 Å². The van der Waals surface area contributed by atoms with Crippen molar-refractivity contribution in [3.63, 3.8) is 0 Å². The second kappa shape index (κ2) is 9.19. The molecule has 4 N–H and O–H groups in total. The van der Waals surface area contributed by atoms with E-state index in [0.717, 1.165) is 13.1 Å². The van der Waals surface area contributed by atoms with E-state index in [2.05, 4.69) is 15.4 Å². The molecule has 0 spiro atoms. The van der Waals surface area contributed by atoms with Crippen LogP contribution in [0.2, 0.25) is 0 Å². The predicted octanol–water partition coefficient (Wildman–Crippen LogP) is -3.72. The molecule has 0 aliphatic carbocycles.